The highest BCUT2D eigenvalue weighted by Crippen LogP contribution is 2.37. The van der Waals surface area contributed by atoms with Gasteiger partial charge in [-0.1, -0.05) is 28.1 Å². The van der Waals surface area contributed by atoms with Gasteiger partial charge in [0.2, 0.25) is 0 Å². The summed E-state index contributed by atoms with van der Waals surface area (Å²) in [5.74, 6) is 1.67. The molecular weight excluding hydrogens is 380 g/mol. The van der Waals surface area contributed by atoms with Gasteiger partial charge in [-0.05, 0) is 42.8 Å². The number of hydrogen-bond donors (Lipinski definition) is 1. The van der Waals surface area contributed by atoms with E-state index in [1.165, 1.54) is 11.1 Å². The molecule has 0 radical (unpaired) electrons. The summed E-state index contributed by atoms with van der Waals surface area (Å²) in [5, 5.41) is 3.49. The van der Waals surface area contributed by atoms with Crippen LogP contribution in [0.2, 0.25) is 0 Å². The smallest absolute Gasteiger partial charge is 0.127 e. The summed E-state index contributed by atoms with van der Waals surface area (Å²) in [7, 11) is 3.40. The van der Waals surface area contributed by atoms with E-state index in [0.717, 1.165) is 48.6 Å². The van der Waals surface area contributed by atoms with E-state index in [1.807, 2.05) is 12.1 Å². The van der Waals surface area contributed by atoms with Gasteiger partial charge in [0.15, 0.2) is 0 Å². The summed E-state index contributed by atoms with van der Waals surface area (Å²) in [6, 6.07) is 14.8. The Hall–Kier alpha value is -1.56. The minimum Gasteiger partial charge on any atom is -0.497 e. The molecule has 5 heteroatoms. The predicted molar refractivity (Wildman–Crippen MR) is 105 cm³/mol. The van der Waals surface area contributed by atoms with Crippen molar-refractivity contribution in [3.05, 3.63) is 58.1 Å². The number of halogens is 1. The van der Waals surface area contributed by atoms with Crippen LogP contribution in [-0.2, 0) is 0 Å². The van der Waals surface area contributed by atoms with Crippen molar-refractivity contribution in [1.29, 1.82) is 0 Å². The largest absolute Gasteiger partial charge is 0.497 e. The van der Waals surface area contributed by atoms with E-state index in [0.29, 0.717) is 0 Å². The zero-order valence-corrected chi connectivity index (χ0v) is 16.4. The molecule has 1 saturated heterocycles. The lowest BCUT2D eigenvalue weighted by Crippen LogP contribution is -2.33. The first-order chi connectivity index (χ1) is 12.2. The molecule has 134 valence electrons. The average Bonchev–Trinajstić information content (AvgIpc) is 2.91. The molecule has 1 fully saturated rings. The van der Waals surface area contributed by atoms with Crippen molar-refractivity contribution < 1.29 is 9.47 Å². The van der Waals surface area contributed by atoms with Crippen LogP contribution in [0.3, 0.4) is 0 Å². The molecule has 0 aromatic heterocycles. The zero-order valence-electron chi connectivity index (χ0n) is 14.8. The molecule has 1 N–H and O–H groups in total. The van der Waals surface area contributed by atoms with E-state index in [4.69, 9.17) is 9.47 Å². The number of methoxy groups -OCH3 is 2. The second-order valence-corrected chi connectivity index (χ2v) is 7.12. The molecule has 25 heavy (non-hydrogen) atoms. The Morgan fingerprint density at radius 1 is 1.04 bits per heavy atom. The summed E-state index contributed by atoms with van der Waals surface area (Å²) in [6.45, 7) is 4.14. The zero-order chi connectivity index (χ0) is 17.6. The number of nitrogens with zero attached hydrogens (tertiary/aromatic N) is 1. The Bertz CT molecular complexity index is 700. The first-order valence-electron chi connectivity index (χ1n) is 8.65. The van der Waals surface area contributed by atoms with Crippen LogP contribution in [0.1, 0.15) is 23.6 Å². The minimum absolute atomic E-state index is 0.151. The summed E-state index contributed by atoms with van der Waals surface area (Å²) >= 11 is 3.62. The molecular formula is C20H25BrN2O2. The Morgan fingerprint density at radius 3 is 2.68 bits per heavy atom. The lowest BCUT2D eigenvalue weighted by Gasteiger charge is -2.32. The third-order valence-electron chi connectivity index (χ3n) is 4.64. The van der Waals surface area contributed by atoms with Crippen molar-refractivity contribution in [2.24, 2.45) is 0 Å². The van der Waals surface area contributed by atoms with Crippen molar-refractivity contribution in [1.82, 2.24) is 10.2 Å². The van der Waals surface area contributed by atoms with Crippen molar-refractivity contribution in [3.63, 3.8) is 0 Å². The minimum atomic E-state index is 0.151. The van der Waals surface area contributed by atoms with Crippen molar-refractivity contribution in [3.8, 4) is 11.5 Å². The Kier molecular flexibility index (Phi) is 6.34. The van der Waals surface area contributed by atoms with Gasteiger partial charge in [0.25, 0.3) is 0 Å². The highest BCUT2D eigenvalue weighted by atomic mass is 79.9. The van der Waals surface area contributed by atoms with Crippen LogP contribution in [0.5, 0.6) is 11.5 Å². The molecule has 1 heterocycles. The van der Waals surface area contributed by atoms with Gasteiger partial charge in [-0.25, -0.2) is 0 Å². The Labute approximate surface area is 158 Å². The second kappa shape index (κ2) is 8.70. The first kappa shape index (κ1) is 18.2. The van der Waals surface area contributed by atoms with Gasteiger partial charge in [-0.2, -0.15) is 0 Å². The normalized spacial score (nSPS) is 16.9. The second-order valence-electron chi connectivity index (χ2n) is 6.20. The number of nitrogens with one attached hydrogen (secondary N) is 1. The highest BCUT2D eigenvalue weighted by Gasteiger charge is 2.26. The van der Waals surface area contributed by atoms with E-state index in [1.54, 1.807) is 14.2 Å². The monoisotopic (exact) mass is 404 g/mol. The van der Waals surface area contributed by atoms with E-state index in [-0.39, 0.29) is 6.04 Å². The van der Waals surface area contributed by atoms with Crippen LogP contribution in [0.4, 0.5) is 0 Å². The molecule has 4 nitrogen and oxygen atoms in total. The van der Waals surface area contributed by atoms with Crippen LogP contribution < -0.4 is 14.8 Å². The topological polar surface area (TPSA) is 33.7 Å². The molecule has 1 aliphatic rings. The third kappa shape index (κ3) is 4.35. The van der Waals surface area contributed by atoms with Crippen LogP contribution >= 0.6 is 15.9 Å². The summed E-state index contributed by atoms with van der Waals surface area (Å²) < 4.78 is 12.2. The maximum atomic E-state index is 5.71. The number of rotatable bonds is 5. The third-order valence-corrected chi connectivity index (χ3v) is 5.13. The van der Waals surface area contributed by atoms with Crippen LogP contribution in [0, 0.1) is 0 Å². The highest BCUT2D eigenvalue weighted by molar-refractivity contribution is 9.10. The van der Waals surface area contributed by atoms with Gasteiger partial charge in [0.05, 0.1) is 20.3 Å². The van der Waals surface area contributed by atoms with Gasteiger partial charge >= 0.3 is 0 Å². The predicted octanol–water partition coefficient (Wildman–Crippen LogP) is 3.85. The summed E-state index contributed by atoms with van der Waals surface area (Å²) in [4.78, 5) is 2.53. The van der Waals surface area contributed by atoms with Crippen LogP contribution in [-0.4, -0.2) is 45.3 Å². The molecule has 2 aromatic rings. The maximum Gasteiger partial charge on any atom is 0.127 e. The van der Waals surface area contributed by atoms with E-state index < -0.39 is 0 Å². The molecule has 0 bridgehead atoms. The van der Waals surface area contributed by atoms with Crippen molar-refractivity contribution >= 4 is 15.9 Å². The lowest BCUT2D eigenvalue weighted by molar-refractivity contribution is 0.236. The molecule has 1 aliphatic heterocycles. The standard InChI is InChI=1S/C20H25BrN2O2/c1-24-17-7-8-18(19(14-17)25-2)20(15-5-3-6-16(21)13-15)23-11-4-9-22-10-12-23/h3,5-8,13-14,20,22H,4,9-12H2,1-2H3. The van der Waals surface area contributed by atoms with E-state index in [2.05, 4.69) is 56.5 Å². The van der Waals surface area contributed by atoms with Crippen LogP contribution in [0.15, 0.2) is 46.9 Å². The Morgan fingerprint density at radius 2 is 1.92 bits per heavy atom. The molecule has 2 aromatic carbocycles. The molecule has 3 rings (SSSR count). The molecule has 0 amide bonds. The lowest BCUT2D eigenvalue weighted by atomic mass is 9.95. The molecule has 0 aliphatic carbocycles. The fraction of sp³-hybridized carbons (Fsp3) is 0.400. The Balaban J connectivity index is 2.07. The van der Waals surface area contributed by atoms with E-state index >= 15 is 0 Å². The number of benzene rings is 2. The molecule has 1 unspecified atom stereocenters. The number of hydrogen-bond acceptors (Lipinski definition) is 4. The van der Waals surface area contributed by atoms with Gasteiger partial charge in [-0.3, -0.25) is 4.90 Å². The average molecular weight is 405 g/mol. The quantitative estimate of drug-likeness (QED) is 0.820. The summed E-state index contributed by atoms with van der Waals surface area (Å²) in [6.07, 6.45) is 1.14. The summed E-state index contributed by atoms with van der Waals surface area (Å²) in [5.41, 5.74) is 2.43. The molecule has 0 saturated carbocycles. The maximum absolute atomic E-state index is 5.71. The van der Waals surface area contributed by atoms with Gasteiger partial charge in [0.1, 0.15) is 11.5 Å². The first-order valence-corrected chi connectivity index (χ1v) is 9.44. The van der Waals surface area contributed by atoms with Crippen molar-refractivity contribution in [2.75, 3.05) is 40.4 Å². The number of ether oxygens (including phenoxy) is 2. The van der Waals surface area contributed by atoms with Gasteiger partial charge in [0, 0.05) is 35.7 Å². The molecule has 0 spiro atoms. The van der Waals surface area contributed by atoms with Gasteiger partial charge < -0.3 is 14.8 Å². The SMILES string of the molecule is COc1ccc(C(c2cccc(Br)c2)N2CCCNCC2)c(OC)c1. The van der Waals surface area contributed by atoms with Crippen molar-refractivity contribution in [2.45, 2.75) is 12.5 Å². The fourth-order valence-electron chi connectivity index (χ4n) is 3.43. The fourth-order valence-corrected chi connectivity index (χ4v) is 3.85. The van der Waals surface area contributed by atoms with E-state index in [9.17, 15) is 0 Å². The van der Waals surface area contributed by atoms with Gasteiger partial charge in [-0.15, -0.1) is 0 Å². The van der Waals surface area contributed by atoms with Crippen LogP contribution in [0.25, 0.3) is 0 Å². The molecule has 1 atom stereocenters.